The van der Waals surface area contributed by atoms with Gasteiger partial charge in [-0.1, -0.05) is 121 Å². The predicted octanol–water partition coefficient (Wildman–Crippen LogP) is 10.7. The second kappa shape index (κ2) is 14.5. The Kier molecular flexibility index (Phi) is 11.1. The van der Waals surface area contributed by atoms with Gasteiger partial charge in [-0.25, -0.2) is 8.78 Å². The number of unbranched alkanes of at least 4 members (excludes halogenated alkanes) is 7. The molecule has 2 heteroatoms. The average molecular weight is 509 g/mol. The molecule has 37 heavy (non-hydrogen) atoms. The maximum absolute atomic E-state index is 15.1. The third kappa shape index (κ3) is 8.66. The molecule has 2 unspecified atom stereocenters. The van der Waals surface area contributed by atoms with Gasteiger partial charge in [-0.2, -0.15) is 0 Å². The number of aryl methyl sites for hydroxylation is 2. The van der Waals surface area contributed by atoms with Gasteiger partial charge in [0.15, 0.2) is 11.6 Å². The van der Waals surface area contributed by atoms with Crippen molar-refractivity contribution in [3.8, 4) is 0 Å². The van der Waals surface area contributed by atoms with Crippen molar-refractivity contribution in [3.63, 3.8) is 0 Å². The molecule has 2 aliphatic carbocycles. The minimum atomic E-state index is -0.601. The summed E-state index contributed by atoms with van der Waals surface area (Å²) in [6.45, 7) is 4.33. The maximum atomic E-state index is 15.1. The molecule has 1 saturated carbocycles. The van der Waals surface area contributed by atoms with E-state index >= 15 is 4.39 Å². The van der Waals surface area contributed by atoms with Crippen LogP contribution in [0.2, 0.25) is 0 Å². The van der Waals surface area contributed by atoms with E-state index in [1.807, 2.05) is 6.07 Å². The minimum Gasteiger partial charge on any atom is -0.203 e. The molecule has 0 bridgehead atoms. The van der Waals surface area contributed by atoms with Gasteiger partial charge in [-0.05, 0) is 84.1 Å². The van der Waals surface area contributed by atoms with Crippen molar-refractivity contribution in [1.82, 2.24) is 0 Å². The molecule has 0 radical (unpaired) electrons. The van der Waals surface area contributed by atoms with Crippen LogP contribution in [0.5, 0.6) is 0 Å². The quantitative estimate of drug-likeness (QED) is 0.198. The van der Waals surface area contributed by atoms with Crippen molar-refractivity contribution in [3.05, 3.63) is 69.8 Å². The van der Waals surface area contributed by atoms with Gasteiger partial charge < -0.3 is 0 Å². The minimum absolute atomic E-state index is 0.282. The van der Waals surface area contributed by atoms with Crippen molar-refractivity contribution in [2.24, 2.45) is 11.8 Å². The lowest BCUT2D eigenvalue weighted by molar-refractivity contribution is 0.448. The third-order valence-electron chi connectivity index (χ3n) is 9.03. The highest BCUT2D eigenvalue weighted by molar-refractivity contribution is 5.39. The van der Waals surface area contributed by atoms with E-state index in [9.17, 15) is 4.39 Å². The fraction of sp³-hybridized carbons (Fsp3) is 0.657. The Morgan fingerprint density at radius 1 is 0.838 bits per heavy atom. The summed E-state index contributed by atoms with van der Waals surface area (Å²) in [5, 5.41) is 0. The van der Waals surface area contributed by atoms with Gasteiger partial charge in [0.1, 0.15) is 0 Å². The van der Waals surface area contributed by atoms with Gasteiger partial charge in [-0.15, -0.1) is 0 Å². The summed E-state index contributed by atoms with van der Waals surface area (Å²) in [6, 6.07) is 11.0. The summed E-state index contributed by atoms with van der Waals surface area (Å²) in [5.41, 5.74) is 4.92. The van der Waals surface area contributed by atoms with E-state index in [4.69, 9.17) is 0 Å². The van der Waals surface area contributed by atoms with Gasteiger partial charge in [0.2, 0.25) is 0 Å². The van der Waals surface area contributed by atoms with Crippen LogP contribution < -0.4 is 0 Å². The van der Waals surface area contributed by atoms with Crippen molar-refractivity contribution >= 4 is 0 Å². The molecule has 0 N–H and O–H groups in total. The van der Waals surface area contributed by atoms with Crippen LogP contribution in [-0.2, 0) is 25.7 Å². The SMILES string of the molecule is CCCCC(C)Cc1cc2c(c(F)c1F)CC(c1ccc(CCCCCCCCCC3CC3)cc1)CC2. The predicted molar refractivity (Wildman–Crippen MR) is 153 cm³/mol. The van der Waals surface area contributed by atoms with Crippen molar-refractivity contribution in [2.75, 3.05) is 0 Å². The Labute approximate surface area is 225 Å². The van der Waals surface area contributed by atoms with E-state index in [0.29, 0.717) is 29.9 Å². The van der Waals surface area contributed by atoms with E-state index < -0.39 is 11.6 Å². The summed E-state index contributed by atoms with van der Waals surface area (Å²) in [5.74, 6) is 0.579. The second-order valence-electron chi connectivity index (χ2n) is 12.4. The Morgan fingerprint density at radius 2 is 1.54 bits per heavy atom. The number of benzene rings is 2. The lowest BCUT2D eigenvalue weighted by atomic mass is 9.78. The lowest BCUT2D eigenvalue weighted by Gasteiger charge is -2.27. The van der Waals surface area contributed by atoms with Crippen LogP contribution in [0.1, 0.15) is 137 Å². The van der Waals surface area contributed by atoms with Crippen LogP contribution in [0.15, 0.2) is 30.3 Å². The molecule has 0 spiro atoms. The van der Waals surface area contributed by atoms with E-state index in [2.05, 4.69) is 38.1 Å². The fourth-order valence-corrected chi connectivity index (χ4v) is 6.37. The Bertz CT molecular complexity index is 956. The molecule has 0 nitrogen and oxygen atoms in total. The Morgan fingerprint density at radius 3 is 2.24 bits per heavy atom. The van der Waals surface area contributed by atoms with Gasteiger partial charge in [-0.3, -0.25) is 0 Å². The first-order valence-corrected chi connectivity index (χ1v) is 15.6. The molecule has 0 aromatic heterocycles. The third-order valence-corrected chi connectivity index (χ3v) is 9.03. The number of rotatable bonds is 16. The Hall–Kier alpha value is -1.70. The highest BCUT2D eigenvalue weighted by atomic mass is 19.2. The standard InChI is InChI=1S/C35H50F2/c1-3-4-12-26(2)23-32-24-31-22-21-30(25-33(31)35(37)34(32)36)29-19-17-28(18-20-29)14-11-9-7-5-6-8-10-13-27-15-16-27/h17-20,24,26-27,30H,3-16,21-23,25H2,1-2H3. The number of fused-ring (bicyclic) bond motifs is 1. The molecule has 0 aliphatic heterocycles. The van der Waals surface area contributed by atoms with Gasteiger partial charge in [0.25, 0.3) is 0 Å². The molecule has 2 aliphatic rings. The molecule has 1 fully saturated rings. The van der Waals surface area contributed by atoms with Gasteiger partial charge >= 0.3 is 0 Å². The molecule has 0 amide bonds. The maximum Gasteiger partial charge on any atom is 0.162 e. The smallest absolute Gasteiger partial charge is 0.162 e. The molecular formula is C35H50F2. The lowest BCUT2D eigenvalue weighted by Crippen LogP contribution is -2.17. The van der Waals surface area contributed by atoms with E-state index in [1.165, 1.54) is 75.3 Å². The number of hydrogen-bond acceptors (Lipinski definition) is 0. The second-order valence-corrected chi connectivity index (χ2v) is 12.4. The zero-order chi connectivity index (χ0) is 26.0. The molecule has 2 atom stereocenters. The number of hydrogen-bond donors (Lipinski definition) is 0. The van der Waals surface area contributed by atoms with Gasteiger partial charge in [0, 0.05) is 0 Å². The number of halogens is 2. The highest BCUT2D eigenvalue weighted by Gasteiger charge is 2.27. The largest absolute Gasteiger partial charge is 0.203 e. The van der Waals surface area contributed by atoms with E-state index in [-0.39, 0.29) is 5.92 Å². The molecular weight excluding hydrogens is 458 g/mol. The van der Waals surface area contributed by atoms with Crippen LogP contribution in [0.25, 0.3) is 0 Å². The molecule has 0 saturated heterocycles. The summed E-state index contributed by atoms with van der Waals surface area (Å²) < 4.78 is 30.1. The van der Waals surface area contributed by atoms with Crippen molar-refractivity contribution in [1.29, 1.82) is 0 Å². The molecule has 0 heterocycles. The summed E-state index contributed by atoms with van der Waals surface area (Å²) in [7, 11) is 0. The molecule has 2 aromatic carbocycles. The summed E-state index contributed by atoms with van der Waals surface area (Å²) >= 11 is 0. The van der Waals surface area contributed by atoms with Crippen LogP contribution in [0, 0.1) is 23.5 Å². The van der Waals surface area contributed by atoms with E-state index in [1.54, 1.807) is 0 Å². The first kappa shape index (κ1) is 28.3. The molecule has 2 aromatic rings. The normalized spacial score (nSPS) is 18.1. The first-order chi connectivity index (χ1) is 18.0. The fourth-order valence-electron chi connectivity index (χ4n) is 6.37. The molecule has 4 rings (SSSR count). The van der Waals surface area contributed by atoms with Crippen molar-refractivity contribution < 1.29 is 8.78 Å². The van der Waals surface area contributed by atoms with Gasteiger partial charge in [0.05, 0.1) is 0 Å². The molecule has 204 valence electrons. The average Bonchev–Trinajstić information content (AvgIpc) is 3.74. The topological polar surface area (TPSA) is 0 Å². The highest BCUT2D eigenvalue weighted by Crippen LogP contribution is 2.37. The zero-order valence-electron chi connectivity index (χ0n) is 23.6. The monoisotopic (exact) mass is 508 g/mol. The van der Waals surface area contributed by atoms with Crippen molar-refractivity contribution in [2.45, 2.75) is 135 Å². The Balaban J connectivity index is 1.21. The zero-order valence-corrected chi connectivity index (χ0v) is 23.6. The van der Waals surface area contributed by atoms with Crippen LogP contribution in [0.3, 0.4) is 0 Å². The van der Waals surface area contributed by atoms with E-state index in [0.717, 1.165) is 50.0 Å². The summed E-state index contributed by atoms with van der Waals surface area (Å²) in [4.78, 5) is 0. The van der Waals surface area contributed by atoms with Crippen LogP contribution in [0.4, 0.5) is 8.78 Å². The summed E-state index contributed by atoms with van der Waals surface area (Å²) in [6.07, 6.45) is 21.7. The first-order valence-electron chi connectivity index (χ1n) is 15.6. The van der Waals surface area contributed by atoms with Crippen LogP contribution >= 0.6 is 0 Å². The van der Waals surface area contributed by atoms with Crippen LogP contribution in [-0.4, -0.2) is 0 Å².